The summed E-state index contributed by atoms with van der Waals surface area (Å²) in [6, 6.07) is 54.5. The van der Waals surface area contributed by atoms with Gasteiger partial charge < -0.3 is 4.42 Å². The first-order valence-electron chi connectivity index (χ1n) is 17.9. The Kier molecular flexibility index (Phi) is 5.22. The summed E-state index contributed by atoms with van der Waals surface area (Å²) in [5.41, 5.74) is 11.9. The minimum absolute atomic E-state index is 0.658. The number of nitrogens with zero attached hydrogens (tertiary/aromatic N) is 3. The van der Waals surface area contributed by atoms with Crippen molar-refractivity contribution in [3.63, 3.8) is 0 Å². The van der Waals surface area contributed by atoms with Crippen LogP contribution in [0.15, 0.2) is 156 Å². The molecule has 13 rings (SSSR count). The van der Waals surface area contributed by atoms with Gasteiger partial charge in [0.2, 0.25) is 5.95 Å². The van der Waals surface area contributed by atoms with Gasteiger partial charge in [0.15, 0.2) is 0 Å². The lowest BCUT2D eigenvalue weighted by Gasteiger charge is -2.12. The Labute approximate surface area is 305 Å². The van der Waals surface area contributed by atoms with Crippen LogP contribution in [-0.2, 0) is 0 Å². The van der Waals surface area contributed by atoms with Crippen molar-refractivity contribution in [2.75, 3.05) is 0 Å². The first-order chi connectivity index (χ1) is 26.3. The second kappa shape index (κ2) is 9.94. The maximum Gasteiger partial charge on any atom is 0.235 e. The molecule has 0 N–H and O–H groups in total. The fraction of sp³-hybridized carbons (Fsp3) is 0. The Hall–Kier alpha value is -6.82. The highest BCUT2D eigenvalue weighted by atomic mass is 32.1. The molecule has 4 aromatic heterocycles. The molecule has 4 heterocycles. The standard InChI is InChI=1S/C48H25N3OS/c1-2-11-28-26(10-1)20-23-36-43-35-17-9-16-33-29-12-3-4-13-30(29)37(42(33)35)25-38(43)51(46(28)36)48-49-44(47-45(50-48)34-15-6-8-19-41(34)53-47)27-21-22-32-31-14-5-7-18-39(31)52-40(32)24-27/h1-25H. The van der Waals surface area contributed by atoms with E-state index in [1.807, 2.05) is 12.1 Å². The van der Waals surface area contributed by atoms with Crippen molar-refractivity contribution in [2.24, 2.45) is 0 Å². The van der Waals surface area contributed by atoms with Crippen LogP contribution in [0.25, 0.3) is 125 Å². The van der Waals surface area contributed by atoms with Gasteiger partial charge in [-0.25, -0.2) is 9.97 Å². The molecular weight excluding hydrogens is 667 g/mol. The first kappa shape index (κ1) is 27.8. The van der Waals surface area contributed by atoms with Gasteiger partial charge in [-0.1, -0.05) is 121 Å². The molecule has 0 fully saturated rings. The zero-order valence-corrected chi connectivity index (χ0v) is 28.9. The summed E-state index contributed by atoms with van der Waals surface area (Å²) in [6.45, 7) is 0. The monoisotopic (exact) mass is 691 g/mol. The summed E-state index contributed by atoms with van der Waals surface area (Å²) in [5, 5.41) is 10.7. The molecule has 0 aliphatic heterocycles. The average Bonchev–Trinajstić information content (AvgIpc) is 3.96. The number of hydrogen-bond acceptors (Lipinski definition) is 4. The number of benzene rings is 8. The third-order valence-electron chi connectivity index (χ3n) is 11.3. The van der Waals surface area contributed by atoms with Gasteiger partial charge in [-0.05, 0) is 68.7 Å². The van der Waals surface area contributed by atoms with Gasteiger partial charge in [-0.15, -0.1) is 11.3 Å². The Morgan fingerprint density at radius 3 is 2.13 bits per heavy atom. The molecule has 8 aromatic carbocycles. The van der Waals surface area contributed by atoms with E-state index >= 15 is 0 Å². The Morgan fingerprint density at radius 1 is 0.491 bits per heavy atom. The summed E-state index contributed by atoms with van der Waals surface area (Å²) >= 11 is 1.75. The first-order valence-corrected chi connectivity index (χ1v) is 18.7. The second-order valence-corrected chi connectivity index (χ2v) is 15.1. The SMILES string of the molecule is c1ccc2c(c1)-c1cccc3c1c-2cc1c3c2ccc3ccccc3c2n1-c1nc(-c2ccc3c(c2)oc2ccccc23)c2sc3ccccc3c2n1. The van der Waals surface area contributed by atoms with Crippen LogP contribution in [0, 0.1) is 0 Å². The predicted octanol–water partition coefficient (Wildman–Crippen LogP) is 13.5. The molecule has 0 amide bonds. The van der Waals surface area contributed by atoms with Gasteiger partial charge in [0.25, 0.3) is 0 Å². The summed E-state index contributed by atoms with van der Waals surface area (Å²) < 4.78 is 11.0. The Balaban J connectivity index is 1.21. The van der Waals surface area contributed by atoms with Crippen molar-refractivity contribution in [3.8, 4) is 39.5 Å². The molecule has 12 aromatic rings. The van der Waals surface area contributed by atoms with Crippen LogP contribution in [0.3, 0.4) is 0 Å². The van der Waals surface area contributed by atoms with Crippen LogP contribution in [-0.4, -0.2) is 14.5 Å². The normalized spacial score (nSPS) is 12.5. The van der Waals surface area contributed by atoms with Crippen LogP contribution in [0.2, 0.25) is 0 Å². The van der Waals surface area contributed by atoms with Crippen molar-refractivity contribution in [2.45, 2.75) is 0 Å². The van der Waals surface area contributed by atoms with Gasteiger partial charge in [-0.3, -0.25) is 4.57 Å². The van der Waals surface area contributed by atoms with Crippen LogP contribution >= 0.6 is 11.3 Å². The van der Waals surface area contributed by atoms with E-state index < -0.39 is 0 Å². The molecular formula is C48H25N3OS. The number of para-hydroxylation sites is 1. The summed E-state index contributed by atoms with van der Waals surface area (Å²) in [7, 11) is 0. The molecule has 0 spiro atoms. The van der Waals surface area contributed by atoms with Gasteiger partial charge >= 0.3 is 0 Å². The van der Waals surface area contributed by atoms with E-state index in [-0.39, 0.29) is 0 Å². The Bertz CT molecular complexity index is 3590. The zero-order chi connectivity index (χ0) is 34.4. The third kappa shape index (κ3) is 3.59. The zero-order valence-electron chi connectivity index (χ0n) is 28.1. The van der Waals surface area contributed by atoms with E-state index in [0.29, 0.717) is 5.95 Å². The maximum atomic E-state index is 6.41. The highest BCUT2D eigenvalue weighted by molar-refractivity contribution is 7.26. The molecule has 0 bridgehead atoms. The Morgan fingerprint density at radius 2 is 1.21 bits per heavy atom. The van der Waals surface area contributed by atoms with Crippen LogP contribution in [0.5, 0.6) is 0 Å². The number of furan rings is 1. The van der Waals surface area contributed by atoms with E-state index in [1.54, 1.807) is 11.3 Å². The van der Waals surface area contributed by atoms with Crippen molar-refractivity contribution < 1.29 is 4.42 Å². The summed E-state index contributed by atoms with van der Waals surface area (Å²) in [4.78, 5) is 11.1. The molecule has 4 nitrogen and oxygen atoms in total. The van der Waals surface area contributed by atoms with Crippen molar-refractivity contribution >= 4 is 96.9 Å². The number of thiophene rings is 1. The van der Waals surface area contributed by atoms with Crippen LogP contribution in [0.4, 0.5) is 0 Å². The molecule has 244 valence electrons. The van der Waals surface area contributed by atoms with E-state index in [1.165, 1.54) is 59.3 Å². The summed E-state index contributed by atoms with van der Waals surface area (Å²) in [5.74, 6) is 0.658. The lowest BCUT2D eigenvalue weighted by atomic mass is 9.97. The second-order valence-electron chi connectivity index (χ2n) is 14.1. The fourth-order valence-corrected chi connectivity index (χ4v) is 10.2. The van der Waals surface area contributed by atoms with Crippen molar-refractivity contribution in [1.82, 2.24) is 14.5 Å². The van der Waals surface area contributed by atoms with Crippen LogP contribution < -0.4 is 0 Å². The highest BCUT2D eigenvalue weighted by Crippen LogP contribution is 2.52. The smallest absolute Gasteiger partial charge is 0.235 e. The molecule has 0 radical (unpaired) electrons. The molecule has 53 heavy (non-hydrogen) atoms. The molecule has 5 heteroatoms. The van der Waals surface area contributed by atoms with E-state index in [2.05, 4.69) is 144 Å². The molecule has 1 aliphatic rings. The third-order valence-corrected chi connectivity index (χ3v) is 12.5. The minimum Gasteiger partial charge on any atom is -0.456 e. The van der Waals surface area contributed by atoms with Gasteiger partial charge in [0.1, 0.15) is 11.2 Å². The van der Waals surface area contributed by atoms with E-state index in [0.717, 1.165) is 59.8 Å². The molecule has 0 saturated heterocycles. The number of aromatic nitrogens is 3. The van der Waals surface area contributed by atoms with E-state index in [4.69, 9.17) is 14.4 Å². The largest absolute Gasteiger partial charge is 0.456 e. The van der Waals surface area contributed by atoms with Crippen LogP contribution in [0.1, 0.15) is 0 Å². The predicted molar refractivity (Wildman–Crippen MR) is 221 cm³/mol. The minimum atomic E-state index is 0.658. The highest BCUT2D eigenvalue weighted by Gasteiger charge is 2.27. The number of fused-ring (bicyclic) bond motifs is 15. The number of hydrogen-bond donors (Lipinski definition) is 0. The number of rotatable bonds is 2. The van der Waals surface area contributed by atoms with E-state index in [9.17, 15) is 0 Å². The lowest BCUT2D eigenvalue weighted by Crippen LogP contribution is -2.03. The molecule has 1 aliphatic carbocycles. The van der Waals surface area contributed by atoms with Gasteiger partial charge in [-0.2, -0.15) is 0 Å². The van der Waals surface area contributed by atoms with Gasteiger partial charge in [0, 0.05) is 42.6 Å². The molecule has 0 unspecified atom stereocenters. The van der Waals surface area contributed by atoms with Crippen molar-refractivity contribution in [3.05, 3.63) is 152 Å². The topological polar surface area (TPSA) is 43.9 Å². The summed E-state index contributed by atoms with van der Waals surface area (Å²) in [6.07, 6.45) is 0. The fourth-order valence-electron chi connectivity index (χ4n) is 9.09. The van der Waals surface area contributed by atoms with Crippen molar-refractivity contribution in [1.29, 1.82) is 0 Å². The molecule has 0 saturated carbocycles. The quantitative estimate of drug-likeness (QED) is 0.181. The molecule has 0 atom stereocenters. The van der Waals surface area contributed by atoms with Gasteiger partial charge in [0.05, 0.1) is 26.9 Å². The average molecular weight is 692 g/mol. The lowest BCUT2D eigenvalue weighted by molar-refractivity contribution is 0.669. The maximum absolute atomic E-state index is 6.41.